The van der Waals surface area contributed by atoms with Gasteiger partial charge < -0.3 is 20.2 Å². The van der Waals surface area contributed by atoms with E-state index in [1.165, 1.54) is 0 Å². The fourth-order valence-electron chi connectivity index (χ4n) is 2.73. The molecule has 0 saturated carbocycles. The second-order valence-electron chi connectivity index (χ2n) is 6.17. The smallest absolute Gasteiger partial charge is 0.260 e. The Morgan fingerprint density at radius 3 is 2.54 bits per heavy atom. The van der Waals surface area contributed by atoms with E-state index in [-0.39, 0.29) is 17.2 Å². The van der Waals surface area contributed by atoms with E-state index in [1.807, 2.05) is 13.0 Å². The Bertz CT molecular complexity index is 722. The molecule has 6 heteroatoms. The molecule has 2 N–H and O–H groups in total. The number of phenolic OH excluding ortho intramolecular Hbond substituents is 1. The lowest BCUT2D eigenvalue weighted by Crippen LogP contribution is -2.44. The van der Waals surface area contributed by atoms with Crippen LogP contribution < -0.4 is 10.2 Å². The highest BCUT2D eigenvalue weighted by atomic mass is 16.3. The number of phenols is 1. The number of hydrogen-bond acceptors (Lipinski definition) is 5. The second-order valence-corrected chi connectivity index (χ2v) is 6.17. The van der Waals surface area contributed by atoms with Crippen LogP contribution in [0, 0.1) is 6.92 Å². The summed E-state index contributed by atoms with van der Waals surface area (Å²) in [5.41, 5.74) is 2.20. The van der Waals surface area contributed by atoms with E-state index in [0.717, 1.165) is 37.4 Å². The first-order valence-corrected chi connectivity index (χ1v) is 8.03. The number of aromatic nitrogens is 1. The molecule has 1 fully saturated rings. The fourth-order valence-corrected chi connectivity index (χ4v) is 2.73. The minimum absolute atomic E-state index is 0.0263. The third kappa shape index (κ3) is 3.65. The van der Waals surface area contributed by atoms with E-state index in [9.17, 15) is 9.90 Å². The first-order chi connectivity index (χ1) is 11.5. The number of benzene rings is 1. The van der Waals surface area contributed by atoms with Crippen LogP contribution in [-0.2, 0) is 0 Å². The SMILES string of the molecule is Cc1ccc(C(=O)Nc2ccc(N3CCN(C)CC3)cn2)c(O)c1. The van der Waals surface area contributed by atoms with Gasteiger partial charge in [-0.15, -0.1) is 0 Å². The molecule has 0 spiro atoms. The molecule has 0 bridgehead atoms. The largest absolute Gasteiger partial charge is 0.507 e. The van der Waals surface area contributed by atoms with Gasteiger partial charge in [-0.25, -0.2) is 4.98 Å². The Kier molecular flexibility index (Phi) is 4.66. The van der Waals surface area contributed by atoms with Gasteiger partial charge in [0.25, 0.3) is 5.91 Å². The Morgan fingerprint density at radius 1 is 1.17 bits per heavy atom. The number of nitrogens with one attached hydrogen (secondary N) is 1. The van der Waals surface area contributed by atoms with Crippen LogP contribution in [0.25, 0.3) is 0 Å². The number of aromatic hydroxyl groups is 1. The van der Waals surface area contributed by atoms with Crippen molar-refractivity contribution in [3.63, 3.8) is 0 Å². The molecule has 126 valence electrons. The molecular weight excluding hydrogens is 304 g/mol. The number of hydrogen-bond donors (Lipinski definition) is 2. The summed E-state index contributed by atoms with van der Waals surface area (Å²) in [6, 6.07) is 8.72. The average molecular weight is 326 g/mol. The lowest BCUT2D eigenvalue weighted by molar-refractivity contribution is 0.102. The van der Waals surface area contributed by atoms with Crippen molar-refractivity contribution in [3.8, 4) is 5.75 Å². The maximum absolute atomic E-state index is 12.2. The fraction of sp³-hybridized carbons (Fsp3) is 0.333. The van der Waals surface area contributed by atoms with Crippen LogP contribution in [0.3, 0.4) is 0 Å². The van der Waals surface area contributed by atoms with Gasteiger partial charge in [0.1, 0.15) is 11.6 Å². The Hall–Kier alpha value is -2.60. The Balaban J connectivity index is 1.66. The van der Waals surface area contributed by atoms with Gasteiger partial charge in [-0.05, 0) is 43.8 Å². The van der Waals surface area contributed by atoms with Gasteiger partial charge in [-0.3, -0.25) is 4.79 Å². The Labute approximate surface area is 141 Å². The lowest BCUT2D eigenvalue weighted by atomic mass is 10.1. The molecule has 0 unspecified atom stereocenters. The topological polar surface area (TPSA) is 68.7 Å². The normalized spacial score (nSPS) is 15.3. The second kappa shape index (κ2) is 6.88. The van der Waals surface area contributed by atoms with Crippen molar-refractivity contribution in [1.82, 2.24) is 9.88 Å². The summed E-state index contributed by atoms with van der Waals surface area (Å²) in [5, 5.41) is 12.6. The van der Waals surface area contributed by atoms with Crippen LogP contribution in [0.15, 0.2) is 36.5 Å². The van der Waals surface area contributed by atoms with Gasteiger partial charge in [0.2, 0.25) is 0 Å². The summed E-state index contributed by atoms with van der Waals surface area (Å²) in [7, 11) is 2.12. The third-order valence-corrected chi connectivity index (χ3v) is 4.26. The number of carbonyl (C=O) groups is 1. The molecule has 6 nitrogen and oxygen atoms in total. The zero-order valence-electron chi connectivity index (χ0n) is 14.0. The molecule has 3 rings (SSSR count). The van der Waals surface area contributed by atoms with Crippen LogP contribution in [0.5, 0.6) is 5.75 Å². The van der Waals surface area contributed by atoms with Crippen LogP contribution in [0.2, 0.25) is 0 Å². The first-order valence-electron chi connectivity index (χ1n) is 8.03. The van der Waals surface area contributed by atoms with E-state index >= 15 is 0 Å². The van der Waals surface area contributed by atoms with Gasteiger partial charge in [-0.1, -0.05) is 6.07 Å². The van der Waals surface area contributed by atoms with E-state index in [2.05, 4.69) is 27.1 Å². The highest BCUT2D eigenvalue weighted by Crippen LogP contribution is 2.21. The summed E-state index contributed by atoms with van der Waals surface area (Å²) in [6.07, 6.45) is 1.77. The van der Waals surface area contributed by atoms with Gasteiger partial charge in [0.15, 0.2) is 0 Å². The molecule has 1 amide bonds. The molecular formula is C18H22N4O2. The number of amides is 1. The average Bonchev–Trinajstić information content (AvgIpc) is 2.56. The number of carbonyl (C=O) groups excluding carboxylic acids is 1. The summed E-state index contributed by atoms with van der Waals surface area (Å²) in [6.45, 7) is 5.87. The van der Waals surface area contributed by atoms with Crippen molar-refractivity contribution >= 4 is 17.4 Å². The first kappa shape index (κ1) is 16.3. The van der Waals surface area contributed by atoms with Crippen LogP contribution in [0.4, 0.5) is 11.5 Å². The quantitative estimate of drug-likeness (QED) is 0.904. The van der Waals surface area contributed by atoms with Crippen LogP contribution in [0.1, 0.15) is 15.9 Å². The molecule has 1 aromatic heterocycles. The van der Waals surface area contributed by atoms with Crippen LogP contribution in [-0.4, -0.2) is 54.1 Å². The summed E-state index contributed by atoms with van der Waals surface area (Å²) < 4.78 is 0. The molecule has 24 heavy (non-hydrogen) atoms. The number of pyridine rings is 1. The van der Waals surface area contributed by atoms with Crippen molar-refractivity contribution in [2.24, 2.45) is 0 Å². The predicted molar refractivity (Wildman–Crippen MR) is 94.7 cm³/mol. The van der Waals surface area contributed by atoms with E-state index in [1.54, 1.807) is 30.5 Å². The molecule has 1 aliphatic heterocycles. The van der Waals surface area contributed by atoms with Crippen molar-refractivity contribution < 1.29 is 9.90 Å². The molecule has 1 aromatic carbocycles. The van der Waals surface area contributed by atoms with Gasteiger partial charge in [0, 0.05) is 26.2 Å². The molecule has 2 heterocycles. The van der Waals surface area contributed by atoms with Crippen molar-refractivity contribution in [2.75, 3.05) is 43.4 Å². The molecule has 2 aromatic rings. The number of nitrogens with zero attached hydrogens (tertiary/aromatic N) is 3. The maximum Gasteiger partial charge on any atom is 0.260 e. The van der Waals surface area contributed by atoms with E-state index in [4.69, 9.17) is 0 Å². The number of rotatable bonds is 3. The minimum Gasteiger partial charge on any atom is -0.507 e. The molecule has 0 aliphatic carbocycles. The molecule has 1 saturated heterocycles. The highest BCUT2D eigenvalue weighted by molar-refractivity contribution is 6.05. The third-order valence-electron chi connectivity index (χ3n) is 4.26. The monoisotopic (exact) mass is 326 g/mol. The van der Waals surface area contributed by atoms with Gasteiger partial charge >= 0.3 is 0 Å². The molecule has 1 aliphatic rings. The summed E-state index contributed by atoms with van der Waals surface area (Å²) >= 11 is 0. The summed E-state index contributed by atoms with van der Waals surface area (Å²) in [4.78, 5) is 21.1. The Morgan fingerprint density at radius 2 is 1.92 bits per heavy atom. The maximum atomic E-state index is 12.2. The number of aryl methyl sites for hydroxylation is 1. The number of piperazine rings is 1. The standard InChI is InChI=1S/C18H22N4O2/c1-13-3-5-15(16(23)11-13)18(24)20-17-6-4-14(12-19-17)22-9-7-21(2)8-10-22/h3-6,11-12,23H,7-10H2,1-2H3,(H,19,20,24). The predicted octanol–water partition coefficient (Wildman–Crippen LogP) is 2.10. The van der Waals surface area contributed by atoms with Gasteiger partial charge in [0.05, 0.1) is 17.4 Å². The van der Waals surface area contributed by atoms with Crippen molar-refractivity contribution in [1.29, 1.82) is 0 Å². The zero-order chi connectivity index (χ0) is 17.1. The number of anilines is 2. The van der Waals surface area contributed by atoms with Crippen molar-refractivity contribution in [2.45, 2.75) is 6.92 Å². The summed E-state index contributed by atoms with van der Waals surface area (Å²) in [5.74, 6) is 0.0757. The lowest BCUT2D eigenvalue weighted by Gasteiger charge is -2.33. The number of likely N-dealkylation sites (N-methyl/N-ethyl adjacent to an activating group) is 1. The van der Waals surface area contributed by atoms with Crippen molar-refractivity contribution in [3.05, 3.63) is 47.7 Å². The van der Waals surface area contributed by atoms with E-state index < -0.39 is 0 Å². The van der Waals surface area contributed by atoms with E-state index in [0.29, 0.717) is 5.82 Å². The minimum atomic E-state index is -0.368. The van der Waals surface area contributed by atoms with Crippen LogP contribution >= 0.6 is 0 Å². The molecule has 0 atom stereocenters. The van der Waals surface area contributed by atoms with Gasteiger partial charge in [-0.2, -0.15) is 0 Å². The zero-order valence-corrected chi connectivity index (χ0v) is 14.0. The molecule has 0 radical (unpaired) electrons. The highest BCUT2D eigenvalue weighted by Gasteiger charge is 2.15.